The van der Waals surface area contributed by atoms with Gasteiger partial charge in [0.25, 0.3) is 0 Å². The van der Waals surface area contributed by atoms with Gasteiger partial charge in [0.1, 0.15) is 12.4 Å². The molecule has 0 atom stereocenters. The number of carbonyl (C=O) groups excluding carboxylic acids is 1. The topological polar surface area (TPSA) is 65.0 Å². The first kappa shape index (κ1) is 20.8. The number of carbonyl (C=O) groups is 1. The quantitative estimate of drug-likeness (QED) is 0.795. The van der Waals surface area contributed by atoms with Gasteiger partial charge in [-0.05, 0) is 48.2 Å². The predicted octanol–water partition coefficient (Wildman–Crippen LogP) is 3.00. The van der Waals surface area contributed by atoms with Crippen molar-refractivity contribution < 1.29 is 14.6 Å². The molecule has 160 valence electrons. The van der Waals surface area contributed by atoms with Gasteiger partial charge in [-0.3, -0.25) is 14.6 Å². The van der Waals surface area contributed by atoms with Gasteiger partial charge in [-0.15, -0.1) is 0 Å². The smallest absolute Gasteiger partial charge is 0.221 e. The molecule has 2 aromatic carbocycles. The minimum atomic E-state index is -0.137. The molecule has 0 unspecified atom stereocenters. The minimum Gasteiger partial charge on any atom is -0.492 e. The van der Waals surface area contributed by atoms with Crippen molar-refractivity contribution in [3.8, 4) is 5.75 Å². The summed E-state index contributed by atoms with van der Waals surface area (Å²) in [6, 6.07) is 14.6. The number of likely N-dealkylation sites (tertiary alicyclic amines) is 1. The third-order valence-corrected chi connectivity index (χ3v) is 5.83. The minimum absolute atomic E-state index is 0.0550. The molecule has 30 heavy (non-hydrogen) atoms. The van der Waals surface area contributed by atoms with Crippen molar-refractivity contribution >= 4 is 11.6 Å². The fourth-order valence-corrected chi connectivity index (χ4v) is 4.23. The standard InChI is InChI=1S/C24H31N3O3/c1-18(28)25-22-5-2-19(3-6-22)15-27-12-13-30-24-7-4-20(14-21(24)17-27)16-26-10-8-23(29)9-11-26/h2-7,14,23,29H,8-13,15-17H2,1H3,(H,25,28). The molecular weight excluding hydrogens is 378 g/mol. The Morgan fingerprint density at radius 3 is 2.47 bits per heavy atom. The Balaban J connectivity index is 1.40. The summed E-state index contributed by atoms with van der Waals surface area (Å²) >= 11 is 0. The van der Waals surface area contributed by atoms with Crippen LogP contribution in [0.4, 0.5) is 5.69 Å². The van der Waals surface area contributed by atoms with E-state index in [1.54, 1.807) is 0 Å². The Hall–Kier alpha value is -2.41. The van der Waals surface area contributed by atoms with Crippen molar-refractivity contribution in [2.24, 2.45) is 0 Å². The zero-order valence-electron chi connectivity index (χ0n) is 17.6. The third-order valence-electron chi connectivity index (χ3n) is 5.83. The summed E-state index contributed by atoms with van der Waals surface area (Å²) in [4.78, 5) is 16.0. The first-order chi connectivity index (χ1) is 14.5. The molecule has 1 fully saturated rings. The van der Waals surface area contributed by atoms with Gasteiger partial charge >= 0.3 is 0 Å². The number of fused-ring (bicyclic) bond motifs is 1. The van der Waals surface area contributed by atoms with Crippen molar-refractivity contribution in [1.29, 1.82) is 0 Å². The summed E-state index contributed by atoms with van der Waals surface area (Å²) in [7, 11) is 0. The third kappa shape index (κ3) is 5.59. The zero-order valence-corrected chi connectivity index (χ0v) is 17.6. The van der Waals surface area contributed by atoms with E-state index in [2.05, 4.69) is 45.4 Å². The van der Waals surface area contributed by atoms with Gasteiger partial charge < -0.3 is 15.2 Å². The first-order valence-corrected chi connectivity index (χ1v) is 10.8. The second kappa shape index (κ2) is 9.60. The van der Waals surface area contributed by atoms with Crippen LogP contribution in [0.25, 0.3) is 0 Å². The number of nitrogens with zero attached hydrogens (tertiary/aromatic N) is 2. The van der Waals surface area contributed by atoms with Crippen molar-refractivity contribution in [2.45, 2.75) is 45.5 Å². The van der Waals surface area contributed by atoms with E-state index < -0.39 is 0 Å². The molecule has 2 aromatic rings. The Bertz CT molecular complexity index is 860. The highest BCUT2D eigenvalue weighted by Gasteiger charge is 2.19. The number of rotatable bonds is 5. The molecule has 0 radical (unpaired) electrons. The fraction of sp³-hybridized carbons (Fsp3) is 0.458. The van der Waals surface area contributed by atoms with E-state index in [1.165, 1.54) is 23.6 Å². The van der Waals surface area contributed by atoms with Crippen LogP contribution >= 0.6 is 0 Å². The van der Waals surface area contributed by atoms with Crippen molar-refractivity contribution in [2.75, 3.05) is 31.6 Å². The van der Waals surface area contributed by atoms with Crippen LogP contribution in [-0.2, 0) is 24.4 Å². The largest absolute Gasteiger partial charge is 0.492 e. The maximum Gasteiger partial charge on any atom is 0.221 e. The number of hydrogen-bond donors (Lipinski definition) is 2. The average Bonchev–Trinajstić information content (AvgIpc) is 2.92. The number of aliphatic hydroxyl groups is 1. The molecule has 6 nitrogen and oxygen atoms in total. The Morgan fingerprint density at radius 2 is 1.73 bits per heavy atom. The molecule has 4 rings (SSSR count). The zero-order chi connectivity index (χ0) is 20.9. The van der Waals surface area contributed by atoms with Gasteiger partial charge in [0.2, 0.25) is 5.91 Å². The molecule has 1 saturated heterocycles. The maximum absolute atomic E-state index is 11.2. The van der Waals surface area contributed by atoms with E-state index in [0.29, 0.717) is 6.61 Å². The number of anilines is 1. The maximum atomic E-state index is 11.2. The number of hydrogen-bond acceptors (Lipinski definition) is 5. The second-order valence-corrected chi connectivity index (χ2v) is 8.39. The van der Waals surface area contributed by atoms with Crippen LogP contribution in [0.15, 0.2) is 42.5 Å². The summed E-state index contributed by atoms with van der Waals surface area (Å²) in [6.07, 6.45) is 1.59. The predicted molar refractivity (Wildman–Crippen MR) is 117 cm³/mol. The number of aliphatic hydroxyl groups excluding tert-OH is 1. The normalized spacial score (nSPS) is 18.3. The first-order valence-electron chi connectivity index (χ1n) is 10.8. The van der Waals surface area contributed by atoms with Crippen LogP contribution in [0.5, 0.6) is 5.75 Å². The molecule has 2 N–H and O–H groups in total. The van der Waals surface area contributed by atoms with E-state index in [0.717, 1.165) is 63.5 Å². The van der Waals surface area contributed by atoms with Crippen LogP contribution in [-0.4, -0.2) is 53.2 Å². The van der Waals surface area contributed by atoms with Crippen molar-refractivity contribution in [3.05, 3.63) is 59.2 Å². The summed E-state index contributed by atoms with van der Waals surface area (Å²) in [5.74, 6) is 0.928. The van der Waals surface area contributed by atoms with Crippen molar-refractivity contribution in [1.82, 2.24) is 9.80 Å². The lowest BCUT2D eigenvalue weighted by molar-refractivity contribution is -0.114. The molecule has 0 bridgehead atoms. The van der Waals surface area contributed by atoms with Crippen LogP contribution < -0.4 is 10.1 Å². The van der Waals surface area contributed by atoms with Gasteiger partial charge in [0.15, 0.2) is 0 Å². The highest BCUT2D eigenvalue weighted by atomic mass is 16.5. The molecule has 0 saturated carbocycles. The molecule has 2 heterocycles. The van der Waals surface area contributed by atoms with E-state index in [4.69, 9.17) is 4.74 Å². The van der Waals surface area contributed by atoms with Crippen molar-refractivity contribution in [3.63, 3.8) is 0 Å². The van der Waals surface area contributed by atoms with Crippen LogP contribution in [0, 0.1) is 0 Å². The molecular formula is C24H31N3O3. The number of nitrogens with one attached hydrogen (secondary N) is 1. The summed E-state index contributed by atoms with van der Waals surface area (Å²) in [6.45, 7) is 7.61. The fourth-order valence-electron chi connectivity index (χ4n) is 4.23. The molecule has 6 heteroatoms. The van der Waals surface area contributed by atoms with E-state index >= 15 is 0 Å². The van der Waals surface area contributed by atoms with Gasteiger partial charge in [0.05, 0.1) is 6.10 Å². The van der Waals surface area contributed by atoms with Gasteiger partial charge in [-0.2, -0.15) is 0 Å². The van der Waals surface area contributed by atoms with Gasteiger partial charge in [-0.25, -0.2) is 0 Å². The highest BCUT2D eigenvalue weighted by Crippen LogP contribution is 2.26. The molecule has 0 aromatic heterocycles. The monoisotopic (exact) mass is 409 g/mol. The van der Waals surface area contributed by atoms with E-state index in [1.807, 2.05) is 12.1 Å². The summed E-state index contributed by atoms with van der Waals surface area (Å²) < 4.78 is 6.00. The highest BCUT2D eigenvalue weighted by molar-refractivity contribution is 5.88. The van der Waals surface area contributed by atoms with E-state index in [9.17, 15) is 9.90 Å². The Kier molecular flexibility index (Phi) is 6.67. The van der Waals surface area contributed by atoms with Crippen LogP contribution in [0.1, 0.15) is 36.5 Å². The number of ether oxygens (including phenoxy) is 1. The Morgan fingerprint density at radius 1 is 1.03 bits per heavy atom. The van der Waals surface area contributed by atoms with Gasteiger partial charge in [0, 0.05) is 57.4 Å². The second-order valence-electron chi connectivity index (χ2n) is 8.39. The lowest BCUT2D eigenvalue weighted by Crippen LogP contribution is -2.35. The molecule has 2 aliphatic rings. The van der Waals surface area contributed by atoms with Crippen LogP contribution in [0.3, 0.4) is 0 Å². The van der Waals surface area contributed by atoms with Crippen LogP contribution in [0.2, 0.25) is 0 Å². The Labute approximate surface area is 178 Å². The van der Waals surface area contributed by atoms with Gasteiger partial charge in [-0.1, -0.05) is 18.2 Å². The summed E-state index contributed by atoms with van der Waals surface area (Å²) in [5.41, 5.74) is 4.58. The lowest BCUT2D eigenvalue weighted by Gasteiger charge is -2.29. The number of amides is 1. The SMILES string of the molecule is CC(=O)Nc1ccc(CN2CCOc3ccc(CN4CCC(O)CC4)cc3C2)cc1. The molecule has 1 amide bonds. The lowest BCUT2D eigenvalue weighted by atomic mass is 10.0. The molecule has 2 aliphatic heterocycles. The summed E-state index contributed by atoms with van der Waals surface area (Å²) in [5, 5.41) is 12.5. The molecule has 0 spiro atoms. The number of benzene rings is 2. The van der Waals surface area contributed by atoms with E-state index in [-0.39, 0.29) is 12.0 Å². The number of piperidine rings is 1. The average molecular weight is 410 g/mol. The molecule has 0 aliphatic carbocycles.